The summed E-state index contributed by atoms with van der Waals surface area (Å²) in [7, 11) is 1.34. The zero-order valence-corrected chi connectivity index (χ0v) is 18.4. The highest BCUT2D eigenvalue weighted by molar-refractivity contribution is 7.97. The van der Waals surface area contributed by atoms with Crippen LogP contribution in [0.15, 0.2) is 36.4 Å². The summed E-state index contributed by atoms with van der Waals surface area (Å²) in [6, 6.07) is 10.2. The molecule has 156 valence electrons. The molecule has 0 spiro atoms. The predicted octanol–water partition coefficient (Wildman–Crippen LogP) is 5.37. The maximum absolute atomic E-state index is 14.0. The molecule has 0 aromatic heterocycles. The van der Waals surface area contributed by atoms with E-state index in [0.717, 1.165) is 22.3 Å². The van der Waals surface area contributed by atoms with Gasteiger partial charge in [-0.2, -0.15) is 0 Å². The van der Waals surface area contributed by atoms with Gasteiger partial charge in [0.05, 0.1) is 19.1 Å². The van der Waals surface area contributed by atoms with Gasteiger partial charge in [-0.15, -0.1) is 0 Å². The van der Waals surface area contributed by atoms with Crippen molar-refractivity contribution < 1.29 is 18.7 Å². The van der Waals surface area contributed by atoms with Crippen LogP contribution < -0.4 is 4.72 Å². The Bertz CT molecular complexity index is 851. The van der Waals surface area contributed by atoms with Gasteiger partial charge in [-0.05, 0) is 64.2 Å². The highest BCUT2D eigenvalue weighted by Gasteiger charge is 2.19. The largest absolute Gasteiger partial charge is 0.465 e. The molecule has 0 unspecified atom stereocenters. The Morgan fingerprint density at radius 3 is 2.21 bits per heavy atom. The Morgan fingerprint density at radius 2 is 1.66 bits per heavy atom. The van der Waals surface area contributed by atoms with E-state index in [1.54, 1.807) is 12.1 Å². The van der Waals surface area contributed by atoms with Crippen molar-refractivity contribution in [3.8, 4) is 0 Å². The Morgan fingerprint density at radius 1 is 1.07 bits per heavy atom. The van der Waals surface area contributed by atoms with Crippen LogP contribution >= 0.6 is 11.9 Å². The summed E-state index contributed by atoms with van der Waals surface area (Å²) >= 11 is 1.23. The Hall–Kier alpha value is -2.34. The maximum Gasteiger partial charge on any atom is 0.338 e. The van der Waals surface area contributed by atoms with Crippen LogP contribution in [-0.2, 0) is 21.7 Å². The normalized spacial score (nSPS) is 11.0. The summed E-state index contributed by atoms with van der Waals surface area (Å²) in [5, 5.41) is 0. The summed E-state index contributed by atoms with van der Waals surface area (Å²) in [4.78, 5) is 24.4. The molecule has 2 aromatic rings. The topological polar surface area (TPSA) is 55.4 Å². The summed E-state index contributed by atoms with van der Waals surface area (Å²) in [6.45, 7) is 8.00. The minimum absolute atomic E-state index is 0.116. The number of carbonyl (C=O) groups excluding carboxylic acids is 2. The number of methoxy groups -OCH3 is 1. The van der Waals surface area contributed by atoms with Crippen molar-refractivity contribution in [2.75, 3.05) is 7.11 Å². The van der Waals surface area contributed by atoms with Crippen LogP contribution in [0, 0.1) is 5.82 Å². The average Bonchev–Trinajstić information content (AvgIpc) is 2.68. The van der Waals surface area contributed by atoms with Crippen LogP contribution in [0.5, 0.6) is 0 Å². The summed E-state index contributed by atoms with van der Waals surface area (Å²) in [6.07, 6.45) is 0.187. The number of halogens is 1. The molecule has 0 saturated heterocycles. The van der Waals surface area contributed by atoms with Crippen LogP contribution in [0.25, 0.3) is 0 Å². The molecule has 1 N–H and O–H groups in total. The Balaban J connectivity index is 2.10. The minimum Gasteiger partial charge on any atom is -0.465 e. The lowest BCUT2D eigenvalue weighted by Crippen LogP contribution is -2.21. The predicted molar refractivity (Wildman–Crippen MR) is 116 cm³/mol. The van der Waals surface area contributed by atoms with Gasteiger partial charge < -0.3 is 4.74 Å². The van der Waals surface area contributed by atoms with Gasteiger partial charge in [0, 0.05) is 5.75 Å². The van der Waals surface area contributed by atoms with E-state index >= 15 is 0 Å². The summed E-state index contributed by atoms with van der Waals surface area (Å²) in [5.74, 6) is -0.149. The van der Waals surface area contributed by atoms with Crippen molar-refractivity contribution >= 4 is 23.8 Å². The molecule has 0 heterocycles. The van der Waals surface area contributed by atoms with Gasteiger partial charge in [-0.25, -0.2) is 9.18 Å². The molecule has 1 amide bonds. The van der Waals surface area contributed by atoms with Crippen LogP contribution in [-0.4, -0.2) is 19.0 Å². The van der Waals surface area contributed by atoms with Gasteiger partial charge in [-0.1, -0.05) is 45.9 Å². The molecule has 6 heteroatoms. The van der Waals surface area contributed by atoms with Gasteiger partial charge in [0.25, 0.3) is 0 Å². The fourth-order valence-electron chi connectivity index (χ4n) is 3.26. The zero-order chi connectivity index (χ0) is 21.6. The van der Waals surface area contributed by atoms with Gasteiger partial charge >= 0.3 is 5.97 Å². The van der Waals surface area contributed by atoms with Gasteiger partial charge in [0.2, 0.25) is 5.91 Å². The molecule has 0 fully saturated rings. The number of hydrogen-bond acceptors (Lipinski definition) is 4. The van der Waals surface area contributed by atoms with E-state index in [1.807, 2.05) is 39.8 Å². The maximum atomic E-state index is 14.0. The average molecular weight is 418 g/mol. The van der Waals surface area contributed by atoms with Crippen molar-refractivity contribution in [2.45, 2.75) is 51.7 Å². The van der Waals surface area contributed by atoms with E-state index in [2.05, 4.69) is 4.72 Å². The third-order valence-electron chi connectivity index (χ3n) is 4.70. The van der Waals surface area contributed by atoms with E-state index in [-0.39, 0.29) is 30.0 Å². The summed E-state index contributed by atoms with van der Waals surface area (Å²) < 4.78 is 21.7. The van der Waals surface area contributed by atoms with Crippen molar-refractivity contribution in [1.82, 2.24) is 4.72 Å². The SMILES string of the molecule is COC(=O)c1ccccc1CSNC(=O)Cc1c(C(C)C)cc(F)cc1C(C)C. The smallest absolute Gasteiger partial charge is 0.338 e. The summed E-state index contributed by atoms with van der Waals surface area (Å²) in [5.41, 5.74) is 3.90. The Labute approximate surface area is 176 Å². The second-order valence-corrected chi connectivity index (χ2v) is 8.29. The van der Waals surface area contributed by atoms with E-state index in [4.69, 9.17) is 4.74 Å². The number of carbonyl (C=O) groups is 2. The number of rotatable bonds is 8. The third kappa shape index (κ3) is 6.07. The molecule has 2 rings (SSSR count). The monoisotopic (exact) mass is 417 g/mol. The van der Waals surface area contributed by atoms with E-state index in [9.17, 15) is 14.0 Å². The van der Waals surface area contributed by atoms with Gasteiger partial charge in [-0.3, -0.25) is 9.52 Å². The molecule has 0 atom stereocenters. The number of nitrogens with one attached hydrogen (secondary N) is 1. The number of esters is 1. The number of ether oxygens (including phenoxy) is 1. The highest BCUT2D eigenvalue weighted by atomic mass is 32.2. The fourth-order valence-corrected chi connectivity index (χ4v) is 3.97. The molecular formula is C23H28FNO3S. The fraction of sp³-hybridized carbons (Fsp3) is 0.391. The lowest BCUT2D eigenvalue weighted by Gasteiger charge is -2.20. The molecule has 0 saturated carbocycles. The van der Waals surface area contributed by atoms with E-state index in [0.29, 0.717) is 11.3 Å². The van der Waals surface area contributed by atoms with Crippen LogP contribution in [0.2, 0.25) is 0 Å². The molecule has 4 nitrogen and oxygen atoms in total. The van der Waals surface area contributed by atoms with Crippen molar-refractivity contribution in [3.05, 3.63) is 70.0 Å². The minimum atomic E-state index is -0.401. The molecule has 0 aliphatic rings. The van der Waals surface area contributed by atoms with Crippen molar-refractivity contribution in [3.63, 3.8) is 0 Å². The second kappa shape index (κ2) is 10.4. The lowest BCUT2D eigenvalue weighted by atomic mass is 9.87. The molecule has 0 bridgehead atoms. The van der Waals surface area contributed by atoms with Crippen LogP contribution in [0.1, 0.15) is 72.1 Å². The molecule has 0 radical (unpaired) electrons. The molecule has 2 aromatic carbocycles. The quantitative estimate of drug-likeness (QED) is 0.464. The molecule has 0 aliphatic heterocycles. The van der Waals surface area contributed by atoms with Crippen molar-refractivity contribution in [1.29, 1.82) is 0 Å². The van der Waals surface area contributed by atoms with E-state index < -0.39 is 5.97 Å². The molecule has 29 heavy (non-hydrogen) atoms. The molecular weight excluding hydrogens is 389 g/mol. The van der Waals surface area contributed by atoms with Gasteiger partial charge in [0.1, 0.15) is 5.82 Å². The highest BCUT2D eigenvalue weighted by Crippen LogP contribution is 2.29. The first-order chi connectivity index (χ1) is 13.7. The second-order valence-electron chi connectivity index (χ2n) is 7.51. The standard InChI is InChI=1S/C23H28FNO3S/c1-14(2)19-10-17(24)11-20(15(3)4)21(19)12-22(26)25-29-13-16-8-6-7-9-18(16)23(27)28-5/h6-11,14-15H,12-13H2,1-5H3,(H,25,26). The zero-order valence-electron chi connectivity index (χ0n) is 17.5. The first-order valence-electron chi connectivity index (χ1n) is 9.63. The first-order valence-corrected chi connectivity index (χ1v) is 10.6. The van der Waals surface area contributed by atoms with Gasteiger partial charge in [0.15, 0.2) is 0 Å². The first kappa shape index (κ1) is 22.9. The van der Waals surface area contributed by atoms with Crippen LogP contribution in [0.3, 0.4) is 0 Å². The third-order valence-corrected chi connectivity index (χ3v) is 5.53. The van der Waals surface area contributed by atoms with E-state index in [1.165, 1.54) is 31.2 Å². The number of amides is 1. The molecule has 0 aliphatic carbocycles. The van der Waals surface area contributed by atoms with Crippen molar-refractivity contribution in [2.24, 2.45) is 0 Å². The number of hydrogen-bond donors (Lipinski definition) is 1. The van der Waals surface area contributed by atoms with Crippen LogP contribution in [0.4, 0.5) is 4.39 Å². The lowest BCUT2D eigenvalue weighted by molar-refractivity contribution is -0.118. The Kier molecular flexibility index (Phi) is 8.26. The number of benzene rings is 2.